The second kappa shape index (κ2) is 11.9. The minimum absolute atomic E-state index is 0.0133. The van der Waals surface area contributed by atoms with Crippen LogP contribution >= 0.6 is 11.6 Å². The van der Waals surface area contributed by atoms with E-state index < -0.39 is 23.7 Å². The molecule has 7 rings (SSSR count). The number of halogens is 4. The summed E-state index contributed by atoms with van der Waals surface area (Å²) < 4.78 is 54.1. The monoisotopic (exact) mass is 649 g/mol. The van der Waals surface area contributed by atoms with Crippen molar-refractivity contribution < 1.29 is 27.3 Å². The van der Waals surface area contributed by atoms with Gasteiger partial charge in [-0.2, -0.15) is 4.98 Å². The lowest BCUT2D eigenvalue weighted by atomic mass is 9.95. The second-order valence-electron chi connectivity index (χ2n) is 12.4. The molecule has 3 aliphatic heterocycles. The number of nitrogens with zero attached hydrogens (tertiary/aromatic N) is 6. The number of likely N-dealkylation sites (tertiary alicyclic amines) is 1. The lowest BCUT2D eigenvalue weighted by Gasteiger charge is -2.30. The average Bonchev–Trinajstić information content (AvgIpc) is 3.75. The van der Waals surface area contributed by atoms with Crippen LogP contribution in [0.3, 0.4) is 0 Å². The van der Waals surface area contributed by atoms with Gasteiger partial charge < -0.3 is 9.64 Å². The lowest BCUT2D eigenvalue weighted by Crippen LogP contribution is -2.43. The Morgan fingerprint density at radius 2 is 1.96 bits per heavy atom. The van der Waals surface area contributed by atoms with Crippen LogP contribution in [0.5, 0.6) is 6.01 Å². The summed E-state index contributed by atoms with van der Waals surface area (Å²) in [6.07, 6.45) is 7.12. The molecule has 2 aromatic heterocycles. The predicted molar refractivity (Wildman–Crippen MR) is 171 cm³/mol. The molecule has 3 saturated heterocycles. The first-order valence-corrected chi connectivity index (χ1v) is 15.8. The number of pyridine rings is 1. The highest BCUT2D eigenvalue weighted by Crippen LogP contribution is 2.40. The van der Waals surface area contributed by atoms with Crippen LogP contribution in [0.4, 0.5) is 19.0 Å². The zero-order valence-electron chi connectivity index (χ0n) is 25.4. The molecule has 2 aromatic carbocycles. The van der Waals surface area contributed by atoms with Crippen LogP contribution in [0.2, 0.25) is 5.02 Å². The van der Waals surface area contributed by atoms with Gasteiger partial charge in [0.2, 0.25) is 5.91 Å². The number of carbonyl (C=O) groups is 1. The Morgan fingerprint density at radius 1 is 1.17 bits per heavy atom. The van der Waals surface area contributed by atoms with Crippen molar-refractivity contribution in [2.24, 2.45) is 5.92 Å². The SMILES string of the molecule is C=CC(=O)N1CC(C=[N+](C)c2nc(OCC34CCCN3CCC4)nc3c(F)c(-c4cccc5ccc(F)c(Cl)c45)ncc23)[C@H](F)C1. The van der Waals surface area contributed by atoms with E-state index in [1.807, 2.05) is 0 Å². The summed E-state index contributed by atoms with van der Waals surface area (Å²) in [4.78, 5) is 29.7. The maximum atomic E-state index is 16.6. The van der Waals surface area contributed by atoms with Gasteiger partial charge in [0, 0.05) is 28.7 Å². The molecule has 1 unspecified atom stereocenters. The summed E-state index contributed by atoms with van der Waals surface area (Å²) >= 11 is 6.38. The summed E-state index contributed by atoms with van der Waals surface area (Å²) in [5.74, 6) is -2.08. The number of aromatic nitrogens is 3. The van der Waals surface area contributed by atoms with Gasteiger partial charge in [0.05, 0.1) is 36.3 Å². The van der Waals surface area contributed by atoms with Gasteiger partial charge in [0.25, 0.3) is 0 Å². The number of alkyl halides is 1. The molecule has 4 aromatic rings. The van der Waals surface area contributed by atoms with Gasteiger partial charge in [0.15, 0.2) is 5.82 Å². The summed E-state index contributed by atoms with van der Waals surface area (Å²) in [5.41, 5.74) is 0.110. The molecule has 8 nitrogen and oxygen atoms in total. The van der Waals surface area contributed by atoms with Gasteiger partial charge in [-0.3, -0.25) is 14.7 Å². The molecule has 12 heteroatoms. The molecule has 0 aliphatic carbocycles. The van der Waals surface area contributed by atoms with Gasteiger partial charge in [0.1, 0.15) is 35.2 Å². The van der Waals surface area contributed by atoms with E-state index in [1.165, 1.54) is 23.2 Å². The smallest absolute Gasteiger partial charge is 0.434 e. The van der Waals surface area contributed by atoms with Gasteiger partial charge in [-0.1, -0.05) is 42.4 Å². The number of hydrogen-bond donors (Lipinski definition) is 0. The Balaban J connectivity index is 1.34. The second-order valence-corrected chi connectivity index (χ2v) is 12.8. The summed E-state index contributed by atoms with van der Waals surface area (Å²) in [6, 6.07) is 7.96. The van der Waals surface area contributed by atoms with E-state index in [2.05, 4.69) is 26.4 Å². The third-order valence-corrected chi connectivity index (χ3v) is 10.0. The minimum Gasteiger partial charge on any atom is -0.443 e. The number of rotatable bonds is 7. The van der Waals surface area contributed by atoms with Crippen LogP contribution in [-0.2, 0) is 4.79 Å². The Bertz CT molecular complexity index is 1910. The molecule has 3 aliphatic rings. The zero-order chi connectivity index (χ0) is 32.2. The minimum atomic E-state index is -1.30. The first kappa shape index (κ1) is 30.6. The number of carbonyl (C=O) groups excluding carboxylic acids is 1. The van der Waals surface area contributed by atoms with Crippen molar-refractivity contribution in [1.82, 2.24) is 24.8 Å². The van der Waals surface area contributed by atoms with E-state index in [9.17, 15) is 9.18 Å². The van der Waals surface area contributed by atoms with Gasteiger partial charge in [-0.15, -0.1) is 0 Å². The molecular formula is C34H33ClF3N6O2+. The number of fused-ring (bicyclic) bond motifs is 3. The molecule has 3 fully saturated rings. The summed E-state index contributed by atoms with van der Waals surface area (Å²) in [7, 11) is 1.68. The largest absolute Gasteiger partial charge is 0.443 e. The van der Waals surface area contributed by atoms with Crippen molar-refractivity contribution in [3.8, 4) is 17.3 Å². The predicted octanol–water partition coefficient (Wildman–Crippen LogP) is 6.11. The molecule has 0 radical (unpaired) electrons. The quantitative estimate of drug-likeness (QED) is 0.137. The van der Waals surface area contributed by atoms with Crippen molar-refractivity contribution >= 4 is 51.2 Å². The molecule has 46 heavy (non-hydrogen) atoms. The highest BCUT2D eigenvalue weighted by molar-refractivity contribution is 6.36. The Labute approximate surface area is 269 Å². The maximum absolute atomic E-state index is 16.6. The van der Waals surface area contributed by atoms with Crippen LogP contribution in [-0.4, -0.2) is 93.0 Å². The standard InChI is InChI=1S/C34H33ClF3N6O2/c1-3-26(45)43-17-21(25(37)18-43)16-42(2)32-23-15-39-30(22-8-4-7-20-9-10-24(36)28(35)27(20)22)29(38)31(23)40-33(41-32)46-19-34-11-5-13-44(34)14-6-12-34/h3-4,7-10,15-16,21,25H,1,5-6,11-14,17-19H2,2H3/q+1/t21?,25-/m1/s1. The topological polar surface area (TPSA) is 74.5 Å². The Kier molecular flexibility index (Phi) is 7.92. The van der Waals surface area contributed by atoms with E-state index in [0.717, 1.165) is 38.8 Å². The molecule has 0 saturated carbocycles. The lowest BCUT2D eigenvalue weighted by molar-refractivity contribution is -0.405. The van der Waals surface area contributed by atoms with Crippen molar-refractivity contribution in [1.29, 1.82) is 0 Å². The van der Waals surface area contributed by atoms with Crippen LogP contribution in [0.1, 0.15) is 25.7 Å². The van der Waals surface area contributed by atoms with E-state index in [4.69, 9.17) is 16.3 Å². The van der Waals surface area contributed by atoms with Crippen LogP contribution in [0.15, 0.2) is 49.2 Å². The first-order valence-electron chi connectivity index (χ1n) is 15.4. The number of hydrogen-bond acceptors (Lipinski definition) is 6. The molecule has 238 valence electrons. The fourth-order valence-electron chi connectivity index (χ4n) is 7.31. The van der Waals surface area contributed by atoms with Gasteiger partial charge >= 0.3 is 11.8 Å². The molecule has 0 bridgehead atoms. The fraction of sp³-hybridized carbons (Fsp3) is 0.382. The Morgan fingerprint density at radius 3 is 2.72 bits per heavy atom. The van der Waals surface area contributed by atoms with Gasteiger partial charge in [-0.25, -0.2) is 17.7 Å². The average molecular weight is 650 g/mol. The Hall–Kier alpha value is -4.09. The van der Waals surface area contributed by atoms with Crippen LogP contribution in [0.25, 0.3) is 32.9 Å². The van der Waals surface area contributed by atoms with Crippen molar-refractivity contribution in [2.45, 2.75) is 37.4 Å². The summed E-state index contributed by atoms with van der Waals surface area (Å²) in [5, 5.41) is 1.11. The fourth-order valence-corrected chi connectivity index (χ4v) is 7.58. The third-order valence-electron chi connectivity index (χ3n) is 9.64. The molecule has 2 atom stereocenters. The van der Waals surface area contributed by atoms with E-state index in [0.29, 0.717) is 22.9 Å². The highest BCUT2D eigenvalue weighted by Gasteiger charge is 2.45. The number of amides is 1. The van der Waals surface area contributed by atoms with Gasteiger partial charge in [-0.05, 0) is 56.3 Å². The van der Waals surface area contributed by atoms with E-state index >= 15 is 8.78 Å². The summed E-state index contributed by atoms with van der Waals surface area (Å²) in [6.45, 7) is 6.00. The highest BCUT2D eigenvalue weighted by atomic mass is 35.5. The maximum Gasteiger partial charge on any atom is 0.434 e. The van der Waals surface area contributed by atoms with Crippen LogP contribution < -0.4 is 4.74 Å². The molecule has 5 heterocycles. The van der Waals surface area contributed by atoms with E-state index in [-0.39, 0.29) is 58.0 Å². The number of ether oxygens (including phenoxy) is 1. The number of benzene rings is 2. The van der Waals surface area contributed by atoms with E-state index in [1.54, 1.807) is 42.1 Å². The van der Waals surface area contributed by atoms with Crippen molar-refractivity contribution in [3.63, 3.8) is 0 Å². The first-order chi connectivity index (χ1) is 22.2. The molecule has 1 amide bonds. The van der Waals surface area contributed by atoms with Crippen molar-refractivity contribution in [2.75, 3.05) is 39.8 Å². The molecule has 0 N–H and O–H groups in total. The zero-order valence-corrected chi connectivity index (χ0v) is 26.1. The van der Waals surface area contributed by atoms with Crippen LogP contribution in [0, 0.1) is 17.6 Å². The molecule has 0 spiro atoms. The third kappa shape index (κ3) is 5.19. The molecular weight excluding hydrogens is 617 g/mol. The van der Waals surface area contributed by atoms with Crippen molar-refractivity contribution in [3.05, 3.63) is 65.8 Å². The normalized spacial score (nSPS) is 21.3.